The van der Waals surface area contributed by atoms with Crippen LogP contribution < -0.4 is 19.6 Å². The Hall–Kier alpha value is -1.95. The third-order valence-corrected chi connectivity index (χ3v) is 2.27. The fourth-order valence-corrected chi connectivity index (χ4v) is 1.54. The summed E-state index contributed by atoms with van der Waals surface area (Å²) in [6, 6.07) is 3.28. The number of hydrogen-bond donors (Lipinski definition) is 1. The van der Waals surface area contributed by atoms with Gasteiger partial charge in [-0.3, -0.25) is 10.2 Å². The monoisotopic (exact) mass is 254 g/mol. The van der Waals surface area contributed by atoms with Crippen molar-refractivity contribution in [3.63, 3.8) is 0 Å². The maximum Gasteiger partial charge on any atom is 0.269 e. The number of amides is 1. The first-order valence-corrected chi connectivity index (χ1v) is 5.32. The van der Waals surface area contributed by atoms with Gasteiger partial charge in [0.25, 0.3) is 5.91 Å². The molecule has 1 rings (SSSR count). The van der Waals surface area contributed by atoms with E-state index in [1.165, 1.54) is 21.3 Å². The number of hydrogen-bond acceptors (Lipinski definition) is 5. The Kier molecular flexibility index (Phi) is 4.79. The molecule has 0 aliphatic heterocycles. The number of ether oxygens (including phenoxy) is 3. The predicted octanol–water partition coefficient (Wildman–Crippen LogP) is 0.919. The Morgan fingerprint density at radius 2 is 1.67 bits per heavy atom. The summed E-state index contributed by atoms with van der Waals surface area (Å²) in [5, 5.41) is 1.55. The number of nitrogens with zero attached hydrogens (tertiary/aromatic N) is 1. The minimum atomic E-state index is -0.280. The van der Waals surface area contributed by atoms with Gasteiger partial charge in [0.05, 0.1) is 26.9 Å². The zero-order valence-corrected chi connectivity index (χ0v) is 11.2. The lowest BCUT2D eigenvalue weighted by atomic mass is 10.1. The largest absolute Gasteiger partial charge is 0.493 e. The number of benzene rings is 1. The molecule has 0 aromatic heterocycles. The number of methoxy groups -OCH3 is 3. The molecule has 0 unspecified atom stereocenters. The normalized spacial score (nSPS) is 10.1. The standard InChI is InChI=1S/C12H18N2O4/c1-14(2)13-12(15)8-6-7-9(16-3)11(18-5)10(8)17-4/h6-7H,1-5H3,(H,13,15). The second kappa shape index (κ2) is 6.11. The molecule has 0 radical (unpaired) electrons. The van der Waals surface area contributed by atoms with Crippen LogP contribution >= 0.6 is 0 Å². The molecule has 0 aliphatic carbocycles. The molecule has 1 amide bonds. The molecule has 1 N–H and O–H groups in total. The molecule has 6 nitrogen and oxygen atoms in total. The zero-order valence-electron chi connectivity index (χ0n) is 11.2. The van der Waals surface area contributed by atoms with E-state index in [0.717, 1.165) is 0 Å². The first kappa shape index (κ1) is 14.1. The van der Waals surface area contributed by atoms with E-state index in [4.69, 9.17) is 14.2 Å². The average molecular weight is 254 g/mol. The number of nitrogens with one attached hydrogen (secondary N) is 1. The summed E-state index contributed by atoms with van der Waals surface area (Å²) >= 11 is 0. The molecule has 0 saturated heterocycles. The van der Waals surface area contributed by atoms with E-state index in [1.807, 2.05) is 0 Å². The molecular formula is C12H18N2O4. The quantitative estimate of drug-likeness (QED) is 0.792. The van der Waals surface area contributed by atoms with E-state index >= 15 is 0 Å². The fraction of sp³-hybridized carbons (Fsp3) is 0.417. The number of rotatable bonds is 5. The Morgan fingerprint density at radius 3 is 2.11 bits per heavy atom. The van der Waals surface area contributed by atoms with Crippen LogP contribution in [0.5, 0.6) is 17.2 Å². The van der Waals surface area contributed by atoms with Gasteiger partial charge in [-0.25, -0.2) is 5.01 Å². The van der Waals surface area contributed by atoms with Crippen molar-refractivity contribution in [2.24, 2.45) is 0 Å². The minimum Gasteiger partial charge on any atom is -0.493 e. The van der Waals surface area contributed by atoms with Gasteiger partial charge in [-0.2, -0.15) is 0 Å². The van der Waals surface area contributed by atoms with Crippen LogP contribution in [-0.4, -0.2) is 46.3 Å². The first-order valence-electron chi connectivity index (χ1n) is 5.32. The molecule has 0 aliphatic rings. The van der Waals surface area contributed by atoms with Crippen molar-refractivity contribution < 1.29 is 19.0 Å². The van der Waals surface area contributed by atoms with Crippen LogP contribution in [0.25, 0.3) is 0 Å². The average Bonchev–Trinajstić information content (AvgIpc) is 2.35. The lowest BCUT2D eigenvalue weighted by Crippen LogP contribution is -2.36. The molecule has 1 aromatic carbocycles. The summed E-state index contributed by atoms with van der Waals surface area (Å²) in [7, 11) is 7.95. The molecule has 1 aromatic rings. The van der Waals surface area contributed by atoms with Gasteiger partial charge in [0, 0.05) is 14.1 Å². The van der Waals surface area contributed by atoms with Gasteiger partial charge in [-0.15, -0.1) is 0 Å². The second-order valence-electron chi connectivity index (χ2n) is 3.72. The van der Waals surface area contributed by atoms with E-state index < -0.39 is 0 Å². The summed E-state index contributed by atoms with van der Waals surface area (Å²) in [4.78, 5) is 12.0. The van der Waals surface area contributed by atoms with Crippen LogP contribution in [-0.2, 0) is 0 Å². The van der Waals surface area contributed by atoms with Crippen LogP contribution in [0, 0.1) is 0 Å². The molecule has 0 fully saturated rings. The highest BCUT2D eigenvalue weighted by atomic mass is 16.5. The lowest BCUT2D eigenvalue weighted by molar-refractivity contribution is 0.0853. The topological polar surface area (TPSA) is 60.0 Å². The number of carbonyl (C=O) groups excluding carboxylic acids is 1. The molecule has 100 valence electrons. The van der Waals surface area contributed by atoms with E-state index in [1.54, 1.807) is 31.2 Å². The Balaban J connectivity index is 3.24. The first-order chi connectivity index (χ1) is 8.54. The predicted molar refractivity (Wildman–Crippen MR) is 67.3 cm³/mol. The maximum atomic E-state index is 12.0. The van der Waals surface area contributed by atoms with E-state index in [0.29, 0.717) is 22.8 Å². The Morgan fingerprint density at radius 1 is 1.06 bits per heavy atom. The highest BCUT2D eigenvalue weighted by molar-refractivity contribution is 5.98. The summed E-state index contributed by atoms with van der Waals surface area (Å²) in [5.74, 6) is 0.969. The zero-order chi connectivity index (χ0) is 13.7. The summed E-state index contributed by atoms with van der Waals surface area (Å²) in [5.41, 5.74) is 3.02. The van der Waals surface area contributed by atoms with Crippen molar-refractivity contribution in [3.05, 3.63) is 17.7 Å². The third kappa shape index (κ3) is 2.84. The van der Waals surface area contributed by atoms with Crippen LogP contribution in [0.15, 0.2) is 12.1 Å². The number of hydrazine groups is 1. The molecule has 18 heavy (non-hydrogen) atoms. The van der Waals surface area contributed by atoms with Gasteiger partial charge in [-0.1, -0.05) is 0 Å². The van der Waals surface area contributed by atoms with E-state index in [-0.39, 0.29) is 5.91 Å². The van der Waals surface area contributed by atoms with Crippen molar-refractivity contribution >= 4 is 5.91 Å². The minimum absolute atomic E-state index is 0.280. The maximum absolute atomic E-state index is 12.0. The molecule has 6 heteroatoms. The molecule has 0 heterocycles. The Labute approximate surface area is 106 Å². The smallest absolute Gasteiger partial charge is 0.269 e. The highest BCUT2D eigenvalue weighted by Gasteiger charge is 2.20. The second-order valence-corrected chi connectivity index (χ2v) is 3.72. The number of carbonyl (C=O) groups is 1. The van der Waals surface area contributed by atoms with Crippen LogP contribution in [0.4, 0.5) is 0 Å². The highest BCUT2D eigenvalue weighted by Crippen LogP contribution is 2.39. The Bertz CT molecular complexity index is 432. The van der Waals surface area contributed by atoms with Crippen molar-refractivity contribution in [2.45, 2.75) is 0 Å². The van der Waals surface area contributed by atoms with Gasteiger partial charge in [0.15, 0.2) is 11.5 Å². The molecule has 0 saturated carbocycles. The van der Waals surface area contributed by atoms with Gasteiger partial charge in [0.2, 0.25) is 5.75 Å². The van der Waals surface area contributed by atoms with Crippen LogP contribution in [0.3, 0.4) is 0 Å². The summed E-state index contributed by atoms with van der Waals surface area (Å²) < 4.78 is 15.6. The SMILES string of the molecule is COc1ccc(C(=O)NN(C)C)c(OC)c1OC. The molecule has 0 atom stereocenters. The van der Waals surface area contributed by atoms with Crippen molar-refractivity contribution in [3.8, 4) is 17.2 Å². The van der Waals surface area contributed by atoms with Crippen LogP contribution in [0.2, 0.25) is 0 Å². The van der Waals surface area contributed by atoms with E-state index in [2.05, 4.69) is 5.43 Å². The molecule has 0 bridgehead atoms. The molecule has 0 spiro atoms. The van der Waals surface area contributed by atoms with Crippen molar-refractivity contribution in [1.29, 1.82) is 0 Å². The molecular weight excluding hydrogens is 236 g/mol. The van der Waals surface area contributed by atoms with E-state index in [9.17, 15) is 4.79 Å². The lowest BCUT2D eigenvalue weighted by Gasteiger charge is -2.17. The third-order valence-electron chi connectivity index (χ3n) is 2.27. The summed E-state index contributed by atoms with van der Waals surface area (Å²) in [6.07, 6.45) is 0. The van der Waals surface area contributed by atoms with Crippen LogP contribution in [0.1, 0.15) is 10.4 Å². The fourth-order valence-electron chi connectivity index (χ4n) is 1.54. The summed E-state index contributed by atoms with van der Waals surface area (Å²) in [6.45, 7) is 0. The van der Waals surface area contributed by atoms with Gasteiger partial charge >= 0.3 is 0 Å². The van der Waals surface area contributed by atoms with Gasteiger partial charge < -0.3 is 14.2 Å². The van der Waals surface area contributed by atoms with Crippen molar-refractivity contribution in [1.82, 2.24) is 10.4 Å². The van der Waals surface area contributed by atoms with Gasteiger partial charge in [-0.05, 0) is 12.1 Å². The van der Waals surface area contributed by atoms with Crippen molar-refractivity contribution in [2.75, 3.05) is 35.4 Å². The van der Waals surface area contributed by atoms with Gasteiger partial charge in [0.1, 0.15) is 0 Å².